The summed E-state index contributed by atoms with van der Waals surface area (Å²) in [6.45, 7) is 0. The third-order valence-corrected chi connectivity index (χ3v) is 8.09. The maximum absolute atomic E-state index is 6.42. The molecule has 0 aliphatic rings. The van der Waals surface area contributed by atoms with Gasteiger partial charge in [-0.2, -0.15) is 0 Å². The van der Waals surface area contributed by atoms with Crippen LogP contribution in [0.2, 0.25) is 5.02 Å². The van der Waals surface area contributed by atoms with E-state index in [4.69, 9.17) is 11.6 Å². The molecule has 0 unspecified atom stereocenters. The lowest BCUT2D eigenvalue weighted by Gasteiger charge is -2.25. The van der Waals surface area contributed by atoms with Crippen LogP contribution in [0.15, 0.2) is 121 Å². The quantitative estimate of drug-likeness (QED) is 0.225. The molecule has 0 saturated carbocycles. The monoisotopic (exact) mass is 485 g/mol. The average molecular weight is 486 g/mol. The number of hydrogen-bond acceptors (Lipinski definition) is 2. The van der Waals surface area contributed by atoms with E-state index in [1.165, 1.54) is 41.7 Å². The standard InChI is InChI=1S/C32H20ClNS/c33-21-15-17-27-29(19-21)25-13-7-8-14-26(25)31-28-18-16-24(20-30(28)35-32(27)31)34(22-9-3-1-4-10-22)23-11-5-2-6-12-23/h1-20H. The Balaban J connectivity index is 1.54. The molecule has 0 aliphatic heterocycles. The van der Waals surface area contributed by atoms with E-state index in [0.29, 0.717) is 0 Å². The second-order valence-corrected chi connectivity index (χ2v) is 10.2. The molecule has 7 aromatic rings. The Morgan fingerprint density at radius 2 is 1.11 bits per heavy atom. The summed E-state index contributed by atoms with van der Waals surface area (Å²) in [5, 5.41) is 8.38. The van der Waals surface area contributed by atoms with Gasteiger partial charge in [0, 0.05) is 47.6 Å². The minimum atomic E-state index is 0.770. The van der Waals surface area contributed by atoms with Gasteiger partial charge in [-0.25, -0.2) is 0 Å². The third kappa shape index (κ3) is 3.30. The number of hydrogen-bond donors (Lipinski definition) is 0. The highest BCUT2D eigenvalue weighted by Crippen LogP contribution is 2.46. The number of halogens is 1. The maximum atomic E-state index is 6.42. The van der Waals surface area contributed by atoms with Gasteiger partial charge in [-0.15, -0.1) is 11.3 Å². The lowest BCUT2D eigenvalue weighted by molar-refractivity contribution is 1.29. The van der Waals surface area contributed by atoms with E-state index in [9.17, 15) is 0 Å². The van der Waals surface area contributed by atoms with Crippen molar-refractivity contribution in [3.8, 4) is 0 Å². The molecule has 0 amide bonds. The Morgan fingerprint density at radius 3 is 1.83 bits per heavy atom. The molecule has 1 aromatic heterocycles. The van der Waals surface area contributed by atoms with E-state index >= 15 is 0 Å². The molecule has 0 bridgehead atoms. The van der Waals surface area contributed by atoms with E-state index < -0.39 is 0 Å². The summed E-state index contributed by atoms with van der Waals surface area (Å²) in [4.78, 5) is 2.32. The zero-order valence-electron chi connectivity index (χ0n) is 18.8. The molecule has 0 spiro atoms. The second-order valence-electron chi connectivity index (χ2n) is 8.73. The van der Waals surface area contributed by atoms with Crippen molar-refractivity contribution in [1.82, 2.24) is 0 Å². The lowest BCUT2D eigenvalue weighted by atomic mass is 9.97. The highest BCUT2D eigenvalue weighted by atomic mass is 35.5. The van der Waals surface area contributed by atoms with Gasteiger partial charge in [-0.3, -0.25) is 0 Å². The first-order chi connectivity index (χ1) is 17.3. The van der Waals surface area contributed by atoms with Crippen LogP contribution in [0.3, 0.4) is 0 Å². The Kier molecular flexibility index (Phi) is 4.76. The van der Waals surface area contributed by atoms with Crippen LogP contribution in [0.25, 0.3) is 41.7 Å². The molecule has 35 heavy (non-hydrogen) atoms. The van der Waals surface area contributed by atoms with Gasteiger partial charge in [0.15, 0.2) is 0 Å². The Labute approximate surface area is 212 Å². The molecule has 1 heterocycles. The molecular formula is C32H20ClNS. The van der Waals surface area contributed by atoms with E-state index in [0.717, 1.165) is 22.1 Å². The first-order valence-corrected chi connectivity index (χ1v) is 12.8. The fraction of sp³-hybridized carbons (Fsp3) is 0. The van der Waals surface area contributed by atoms with Crippen molar-refractivity contribution in [2.45, 2.75) is 0 Å². The van der Waals surface area contributed by atoms with Crippen LogP contribution in [-0.4, -0.2) is 0 Å². The summed E-state index contributed by atoms with van der Waals surface area (Å²) < 4.78 is 2.59. The normalized spacial score (nSPS) is 11.6. The summed E-state index contributed by atoms with van der Waals surface area (Å²) in [6.07, 6.45) is 0. The minimum absolute atomic E-state index is 0.770. The third-order valence-electron chi connectivity index (χ3n) is 6.67. The first kappa shape index (κ1) is 20.5. The second kappa shape index (κ2) is 8.13. The van der Waals surface area contributed by atoms with Crippen molar-refractivity contribution >= 4 is 81.7 Å². The lowest BCUT2D eigenvalue weighted by Crippen LogP contribution is -2.09. The highest BCUT2D eigenvalue weighted by Gasteiger charge is 2.17. The van der Waals surface area contributed by atoms with Crippen LogP contribution >= 0.6 is 22.9 Å². The van der Waals surface area contributed by atoms with Gasteiger partial charge in [0.05, 0.1) is 0 Å². The molecule has 0 fully saturated rings. The molecular weight excluding hydrogens is 466 g/mol. The largest absolute Gasteiger partial charge is 0.310 e. The summed E-state index contributed by atoms with van der Waals surface area (Å²) >= 11 is 8.28. The van der Waals surface area contributed by atoms with Crippen LogP contribution in [0.5, 0.6) is 0 Å². The number of anilines is 3. The highest BCUT2D eigenvalue weighted by molar-refractivity contribution is 7.27. The predicted molar refractivity (Wildman–Crippen MR) is 154 cm³/mol. The predicted octanol–water partition coefficient (Wildman–Crippen LogP) is 10.5. The molecule has 0 saturated heterocycles. The Morgan fingerprint density at radius 1 is 0.486 bits per heavy atom. The molecule has 0 radical (unpaired) electrons. The molecule has 3 heteroatoms. The Hall–Kier alpha value is -3.85. The molecule has 0 atom stereocenters. The number of rotatable bonds is 3. The first-order valence-electron chi connectivity index (χ1n) is 11.6. The molecule has 166 valence electrons. The van der Waals surface area contributed by atoms with E-state index in [1.807, 2.05) is 17.4 Å². The number of nitrogens with zero attached hydrogens (tertiary/aromatic N) is 1. The van der Waals surface area contributed by atoms with Crippen LogP contribution in [-0.2, 0) is 0 Å². The fourth-order valence-corrected chi connectivity index (χ4v) is 6.62. The number of thiophene rings is 1. The van der Waals surface area contributed by atoms with Gasteiger partial charge >= 0.3 is 0 Å². The smallest absolute Gasteiger partial charge is 0.0476 e. The van der Waals surface area contributed by atoms with E-state index in [2.05, 4.69) is 120 Å². The van der Waals surface area contributed by atoms with Crippen molar-refractivity contribution in [2.24, 2.45) is 0 Å². The van der Waals surface area contributed by atoms with Crippen molar-refractivity contribution in [3.63, 3.8) is 0 Å². The van der Waals surface area contributed by atoms with Crippen molar-refractivity contribution in [3.05, 3.63) is 126 Å². The van der Waals surface area contributed by atoms with Crippen LogP contribution in [0.1, 0.15) is 0 Å². The van der Waals surface area contributed by atoms with Gasteiger partial charge < -0.3 is 4.90 Å². The van der Waals surface area contributed by atoms with E-state index in [-0.39, 0.29) is 0 Å². The maximum Gasteiger partial charge on any atom is 0.0476 e. The van der Waals surface area contributed by atoms with Gasteiger partial charge in [0.1, 0.15) is 0 Å². The number of benzene rings is 6. The topological polar surface area (TPSA) is 3.24 Å². The van der Waals surface area contributed by atoms with Gasteiger partial charge in [-0.1, -0.05) is 84.4 Å². The summed E-state index contributed by atoms with van der Waals surface area (Å²) in [6, 6.07) is 42.9. The SMILES string of the molecule is Clc1ccc2c(c1)c1ccccc1c1c3ccc(N(c4ccccc4)c4ccccc4)cc3sc21. The molecule has 7 rings (SSSR count). The van der Waals surface area contributed by atoms with Crippen LogP contribution in [0, 0.1) is 0 Å². The number of fused-ring (bicyclic) bond motifs is 8. The van der Waals surface area contributed by atoms with Gasteiger partial charge in [-0.05, 0) is 64.7 Å². The van der Waals surface area contributed by atoms with Crippen molar-refractivity contribution in [1.29, 1.82) is 0 Å². The summed E-state index contributed by atoms with van der Waals surface area (Å²) in [5.74, 6) is 0. The van der Waals surface area contributed by atoms with E-state index in [1.54, 1.807) is 0 Å². The van der Waals surface area contributed by atoms with Crippen LogP contribution in [0.4, 0.5) is 17.1 Å². The van der Waals surface area contributed by atoms with Gasteiger partial charge in [0.25, 0.3) is 0 Å². The molecule has 0 N–H and O–H groups in total. The van der Waals surface area contributed by atoms with Crippen LogP contribution < -0.4 is 4.90 Å². The van der Waals surface area contributed by atoms with Crippen molar-refractivity contribution in [2.75, 3.05) is 4.90 Å². The minimum Gasteiger partial charge on any atom is -0.310 e. The molecule has 6 aromatic carbocycles. The summed E-state index contributed by atoms with van der Waals surface area (Å²) in [5.41, 5.74) is 3.44. The summed E-state index contributed by atoms with van der Waals surface area (Å²) in [7, 11) is 0. The molecule has 0 aliphatic carbocycles. The van der Waals surface area contributed by atoms with Crippen molar-refractivity contribution < 1.29 is 0 Å². The number of para-hydroxylation sites is 2. The molecule has 1 nitrogen and oxygen atoms in total. The fourth-order valence-electron chi connectivity index (χ4n) is 5.16. The average Bonchev–Trinajstić information content (AvgIpc) is 3.29. The zero-order valence-corrected chi connectivity index (χ0v) is 20.4. The zero-order chi connectivity index (χ0) is 23.4. The Bertz CT molecular complexity index is 1820. The van der Waals surface area contributed by atoms with Gasteiger partial charge in [0.2, 0.25) is 0 Å².